The van der Waals surface area contributed by atoms with Crippen LogP contribution in [0, 0.1) is 0 Å². The fourth-order valence-electron chi connectivity index (χ4n) is 1.67. The summed E-state index contributed by atoms with van der Waals surface area (Å²) in [5.74, 6) is -1.20. The van der Waals surface area contributed by atoms with Crippen LogP contribution in [-0.4, -0.2) is 28.5 Å². The Balaban J connectivity index is 1.93. The molecule has 0 aliphatic rings. The van der Waals surface area contributed by atoms with Gasteiger partial charge in [0.1, 0.15) is 5.69 Å². The highest BCUT2D eigenvalue weighted by Gasteiger charge is 2.10. The Kier molecular flexibility index (Phi) is 4.25. The third-order valence-corrected chi connectivity index (χ3v) is 3.18. The molecule has 0 aliphatic heterocycles. The molecule has 2 N–H and O–H groups in total. The lowest BCUT2D eigenvalue weighted by Crippen LogP contribution is -2.26. The van der Waals surface area contributed by atoms with Gasteiger partial charge in [-0.3, -0.25) is 4.79 Å². The predicted octanol–water partition coefficient (Wildman–Crippen LogP) is 1.81. The van der Waals surface area contributed by atoms with Gasteiger partial charge in [-0.15, -0.1) is 11.3 Å². The van der Waals surface area contributed by atoms with Crippen LogP contribution in [-0.2, 0) is 6.42 Å². The van der Waals surface area contributed by atoms with Crippen molar-refractivity contribution < 1.29 is 14.7 Å². The van der Waals surface area contributed by atoms with E-state index in [2.05, 4.69) is 10.3 Å². The summed E-state index contributed by atoms with van der Waals surface area (Å²) in [7, 11) is 0. The summed E-state index contributed by atoms with van der Waals surface area (Å²) in [4.78, 5) is 26.5. The molecule has 1 heterocycles. The minimum absolute atomic E-state index is 0.242. The Hall–Kier alpha value is -2.21. The van der Waals surface area contributed by atoms with E-state index in [-0.39, 0.29) is 11.5 Å². The first-order valence-electron chi connectivity index (χ1n) is 5.66. The molecule has 2 aromatic rings. The summed E-state index contributed by atoms with van der Waals surface area (Å²) in [5.41, 5.74) is 2.95. The predicted molar refractivity (Wildman–Crippen MR) is 71.6 cm³/mol. The molecule has 0 bridgehead atoms. The van der Waals surface area contributed by atoms with Crippen molar-refractivity contribution in [3.63, 3.8) is 0 Å². The van der Waals surface area contributed by atoms with Gasteiger partial charge in [-0.25, -0.2) is 9.78 Å². The summed E-state index contributed by atoms with van der Waals surface area (Å²) >= 11 is 1.35. The van der Waals surface area contributed by atoms with Crippen molar-refractivity contribution in [2.24, 2.45) is 0 Å². The first kappa shape index (κ1) is 13.2. The molecular formula is C13H12N2O3S. The van der Waals surface area contributed by atoms with Crippen molar-refractivity contribution in [2.45, 2.75) is 6.42 Å². The number of carboxylic acid groups (broad SMARTS) is 1. The summed E-state index contributed by atoms with van der Waals surface area (Å²) in [6, 6.07) is 6.77. The number of nitrogens with one attached hydrogen (secondary N) is 1. The van der Waals surface area contributed by atoms with Crippen LogP contribution < -0.4 is 5.32 Å². The number of amides is 1. The van der Waals surface area contributed by atoms with Gasteiger partial charge in [-0.05, 0) is 18.1 Å². The molecule has 0 radical (unpaired) electrons. The van der Waals surface area contributed by atoms with Crippen LogP contribution in [0.15, 0.2) is 35.2 Å². The van der Waals surface area contributed by atoms with Crippen LogP contribution in [0.2, 0.25) is 0 Å². The zero-order valence-electron chi connectivity index (χ0n) is 10.00. The number of hydrogen-bond donors (Lipinski definition) is 2. The number of aromatic carboxylic acids is 1. The average molecular weight is 276 g/mol. The molecule has 0 atom stereocenters. The average Bonchev–Trinajstić information content (AvgIpc) is 2.93. The van der Waals surface area contributed by atoms with Gasteiger partial charge in [-0.1, -0.05) is 18.2 Å². The molecule has 0 unspecified atom stereocenters. The minimum atomic E-state index is -0.957. The van der Waals surface area contributed by atoms with E-state index in [4.69, 9.17) is 5.11 Å². The van der Waals surface area contributed by atoms with E-state index in [1.165, 1.54) is 11.3 Å². The van der Waals surface area contributed by atoms with Gasteiger partial charge in [-0.2, -0.15) is 0 Å². The van der Waals surface area contributed by atoms with E-state index in [0.29, 0.717) is 24.2 Å². The van der Waals surface area contributed by atoms with Gasteiger partial charge in [0.2, 0.25) is 0 Å². The smallest absolute Gasteiger partial charge is 0.335 e. The Labute approximate surface area is 113 Å². The van der Waals surface area contributed by atoms with Gasteiger partial charge in [0.15, 0.2) is 0 Å². The van der Waals surface area contributed by atoms with E-state index in [1.807, 2.05) is 0 Å². The Morgan fingerprint density at radius 3 is 2.79 bits per heavy atom. The molecule has 0 fully saturated rings. The number of carbonyl (C=O) groups excluding carboxylic acids is 1. The van der Waals surface area contributed by atoms with E-state index in [9.17, 15) is 9.59 Å². The first-order chi connectivity index (χ1) is 9.18. The third kappa shape index (κ3) is 3.38. The zero-order chi connectivity index (χ0) is 13.7. The van der Waals surface area contributed by atoms with E-state index < -0.39 is 5.97 Å². The molecule has 0 saturated carbocycles. The van der Waals surface area contributed by atoms with E-state index >= 15 is 0 Å². The highest BCUT2D eigenvalue weighted by atomic mass is 32.1. The standard InChI is InChI=1S/C13H12N2O3S/c16-12(11-7-19-8-15-11)14-6-5-9-3-1-2-4-10(9)13(17)18/h1-4,7-8H,5-6H2,(H,14,16)(H,17,18). The molecule has 5 nitrogen and oxygen atoms in total. The quantitative estimate of drug-likeness (QED) is 0.873. The number of benzene rings is 1. The molecule has 98 valence electrons. The second-order valence-corrected chi connectivity index (χ2v) is 4.56. The molecule has 6 heteroatoms. The number of rotatable bonds is 5. The van der Waals surface area contributed by atoms with Gasteiger partial charge < -0.3 is 10.4 Å². The van der Waals surface area contributed by atoms with Gasteiger partial charge in [0.25, 0.3) is 5.91 Å². The highest BCUT2D eigenvalue weighted by molar-refractivity contribution is 7.07. The first-order valence-corrected chi connectivity index (χ1v) is 6.60. The maximum atomic E-state index is 11.6. The number of aromatic nitrogens is 1. The van der Waals surface area contributed by atoms with Gasteiger partial charge in [0, 0.05) is 11.9 Å². The maximum absolute atomic E-state index is 11.6. The normalized spacial score (nSPS) is 10.1. The van der Waals surface area contributed by atoms with E-state index in [0.717, 1.165) is 0 Å². The SMILES string of the molecule is O=C(NCCc1ccccc1C(=O)O)c1cscn1. The maximum Gasteiger partial charge on any atom is 0.335 e. The molecule has 1 amide bonds. The van der Waals surface area contributed by atoms with Gasteiger partial charge in [0.05, 0.1) is 11.1 Å². The van der Waals surface area contributed by atoms with Crippen molar-refractivity contribution in [2.75, 3.05) is 6.54 Å². The number of nitrogens with zero attached hydrogens (tertiary/aromatic N) is 1. The summed E-state index contributed by atoms with van der Waals surface area (Å²) in [6.45, 7) is 0.376. The second-order valence-electron chi connectivity index (χ2n) is 3.84. The van der Waals surface area contributed by atoms with Crippen LogP contribution in [0.4, 0.5) is 0 Å². The van der Waals surface area contributed by atoms with Crippen LogP contribution >= 0.6 is 11.3 Å². The molecule has 0 aliphatic carbocycles. The third-order valence-electron chi connectivity index (χ3n) is 2.59. The van der Waals surface area contributed by atoms with Crippen LogP contribution in [0.1, 0.15) is 26.4 Å². The van der Waals surface area contributed by atoms with Crippen LogP contribution in [0.25, 0.3) is 0 Å². The number of carboxylic acids is 1. The second kappa shape index (κ2) is 6.10. The molecule has 1 aromatic heterocycles. The van der Waals surface area contributed by atoms with E-state index in [1.54, 1.807) is 35.2 Å². The molecule has 0 saturated heterocycles. The van der Waals surface area contributed by atoms with Crippen molar-refractivity contribution in [1.29, 1.82) is 0 Å². The fraction of sp³-hybridized carbons (Fsp3) is 0.154. The highest BCUT2D eigenvalue weighted by Crippen LogP contribution is 2.09. The summed E-state index contributed by atoms with van der Waals surface area (Å²) < 4.78 is 0. The molecule has 2 rings (SSSR count). The Morgan fingerprint density at radius 2 is 2.11 bits per heavy atom. The van der Waals surface area contributed by atoms with Crippen molar-refractivity contribution >= 4 is 23.2 Å². The molecule has 19 heavy (non-hydrogen) atoms. The van der Waals surface area contributed by atoms with Crippen LogP contribution in [0.3, 0.4) is 0 Å². The number of hydrogen-bond acceptors (Lipinski definition) is 4. The monoisotopic (exact) mass is 276 g/mol. The largest absolute Gasteiger partial charge is 0.478 e. The number of carbonyl (C=O) groups is 2. The lowest BCUT2D eigenvalue weighted by molar-refractivity contribution is 0.0695. The Bertz CT molecular complexity index is 581. The van der Waals surface area contributed by atoms with Crippen molar-refractivity contribution in [3.8, 4) is 0 Å². The molecule has 1 aromatic carbocycles. The zero-order valence-corrected chi connectivity index (χ0v) is 10.8. The molecule has 0 spiro atoms. The Morgan fingerprint density at radius 1 is 1.32 bits per heavy atom. The van der Waals surface area contributed by atoms with Gasteiger partial charge >= 0.3 is 5.97 Å². The summed E-state index contributed by atoms with van der Waals surface area (Å²) in [6.07, 6.45) is 0.471. The lowest BCUT2D eigenvalue weighted by Gasteiger charge is -2.06. The fourth-order valence-corrected chi connectivity index (χ4v) is 2.20. The van der Waals surface area contributed by atoms with Crippen molar-refractivity contribution in [3.05, 3.63) is 52.0 Å². The summed E-state index contributed by atoms with van der Waals surface area (Å²) in [5, 5.41) is 13.4. The minimum Gasteiger partial charge on any atom is -0.478 e. The van der Waals surface area contributed by atoms with Crippen molar-refractivity contribution in [1.82, 2.24) is 10.3 Å². The molecular weight excluding hydrogens is 264 g/mol. The van der Waals surface area contributed by atoms with Crippen LogP contribution in [0.5, 0.6) is 0 Å². The topological polar surface area (TPSA) is 79.3 Å². The number of thiazole rings is 1. The lowest BCUT2D eigenvalue weighted by atomic mass is 10.0.